The van der Waals surface area contributed by atoms with E-state index in [2.05, 4.69) is 25.9 Å². The quantitative estimate of drug-likeness (QED) is 0.838. The summed E-state index contributed by atoms with van der Waals surface area (Å²) in [5.74, 6) is -0.0303. The van der Waals surface area contributed by atoms with Crippen molar-refractivity contribution >= 4 is 27.5 Å². The highest BCUT2D eigenvalue weighted by Crippen LogP contribution is 2.30. The second-order valence-electron chi connectivity index (χ2n) is 3.22. The highest BCUT2D eigenvalue weighted by Gasteiger charge is 2.18. The number of H-pyrrole nitrogens is 1. The Balaban J connectivity index is 2.45. The van der Waals surface area contributed by atoms with Crippen LogP contribution in [0.15, 0.2) is 29.0 Å². The molecule has 1 aromatic carbocycles. The minimum absolute atomic E-state index is 0.0273. The van der Waals surface area contributed by atoms with Gasteiger partial charge in [-0.2, -0.15) is 0 Å². The molecule has 84 valence electrons. The molecule has 0 amide bonds. The van der Waals surface area contributed by atoms with Gasteiger partial charge < -0.3 is 10.7 Å². The fourth-order valence-electron chi connectivity index (χ4n) is 1.38. The minimum atomic E-state index is -0.652. The van der Waals surface area contributed by atoms with Crippen LogP contribution in [0.4, 0.5) is 4.39 Å². The number of halogens is 3. The first-order valence-corrected chi connectivity index (χ1v) is 5.66. The SMILES string of the molecule is NC(c1ncc[nH]1)c1ccc(Br)c(Cl)c1F. The fourth-order valence-corrected chi connectivity index (χ4v) is 1.85. The van der Waals surface area contributed by atoms with E-state index >= 15 is 0 Å². The Hall–Kier alpha value is -0.910. The molecule has 6 heteroatoms. The largest absolute Gasteiger partial charge is 0.347 e. The molecule has 0 saturated heterocycles. The van der Waals surface area contributed by atoms with Gasteiger partial charge in [-0.3, -0.25) is 0 Å². The van der Waals surface area contributed by atoms with Crippen molar-refractivity contribution in [3.63, 3.8) is 0 Å². The Bertz CT molecular complexity index is 501. The Morgan fingerprint density at radius 2 is 2.25 bits per heavy atom. The number of hydrogen-bond donors (Lipinski definition) is 2. The fraction of sp³-hybridized carbons (Fsp3) is 0.100. The van der Waals surface area contributed by atoms with Crippen LogP contribution >= 0.6 is 27.5 Å². The van der Waals surface area contributed by atoms with Gasteiger partial charge in [0.25, 0.3) is 0 Å². The summed E-state index contributed by atoms with van der Waals surface area (Å²) in [4.78, 5) is 6.82. The van der Waals surface area contributed by atoms with Crippen LogP contribution in [-0.4, -0.2) is 9.97 Å². The van der Waals surface area contributed by atoms with Crippen LogP contribution in [0, 0.1) is 5.82 Å². The van der Waals surface area contributed by atoms with Crippen molar-refractivity contribution < 1.29 is 4.39 Å². The monoisotopic (exact) mass is 303 g/mol. The number of aromatic nitrogens is 2. The van der Waals surface area contributed by atoms with E-state index in [-0.39, 0.29) is 5.02 Å². The van der Waals surface area contributed by atoms with Gasteiger partial charge >= 0.3 is 0 Å². The topological polar surface area (TPSA) is 54.7 Å². The Labute approximate surface area is 105 Å². The predicted molar refractivity (Wildman–Crippen MR) is 63.7 cm³/mol. The van der Waals surface area contributed by atoms with Gasteiger partial charge in [-0.1, -0.05) is 17.7 Å². The van der Waals surface area contributed by atoms with Gasteiger partial charge in [0.2, 0.25) is 0 Å². The molecule has 0 aliphatic heterocycles. The number of hydrogen-bond acceptors (Lipinski definition) is 2. The summed E-state index contributed by atoms with van der Waals surface area (Å²) >= 11 is 8.92. The third-order valence-electron chi connectivity index (χ3n) is 2.21. The number of rotatable bonds is 2. The Morgan fingerprint density at radius 3 is 2.88 bits per heavy atom. The van der Waals surface area contributed by atoms with Crippen molar-refractivity contribution in [2.24, 2.45) is 5.73 Å². The number of benzene rings is 1. The molecule has 0 bridgehead atoms. The van der Waals surface area contributed by atoms with Gasteiger partial charge in [-0.15, -0.1) is 0 Å². The van der Waals surface area contributed by atoms with Gasteiger partial charge in [0.15, 0.2) is 0 Å². The average molecular weight is 305 g/mol. The van der Waals surface area contributed by atoms with E-state index < -0.39 is 11.9 Å². The lowest BCUT2D eigenvalue weighted by Gasteiger charge is -2.11. The predicted octanol–water partition coefficient (Wildman–Crippen LogP) is 3.01. The van der Waals surface area contributed by atoms with Crippen LogP contribution in [-0.2, 0) is 0 Å². The zero-order valence-corrected chi connectivity index (χ0v) is 10.4. The lowest BCUT2D eigenvalue weighted by molar-refractivity contribution is 0.594. The van der Waals surface area contributed by atoms with Crippen LogP contribution in [0.3, 0.4) is 0 Å². The van der Waals surface area contributed by atoms with Crippen molar-refractivity contribution in [3.8, 4) is 0 Å². The molecule has 1 unspecified atom stereocenters. The summed E-state index contributed by atoms with van der Waals surface area (Å²) in [6.07, 6.45) is 3.20. The molecule has 1 atom stereocenters. The lowest BCUT2D eigenvalue weighted by Crippen LogP contribution is -2.15. The van der Waals surface area contributed by atoms with E-state index in [1.807, 2.05) is 0 Å². The number of nitrogens with zero attached hydrogens (tertiary/aromatic N) is 1. The summed E-state index contributed by atoms with van der Waals surface area (Å²) in [6, 6.07) is 2.59. The standard InChI is InChI=1S/C10H8BrClFN3/c11-6-2-1-5(8(13)7(6)12)9(14)10-15-3-4-16-10/h1-4,9H,14H2,(H,15,16). The molecule has 0 radical (unpaired) electrons. The first kappa shape index (κ1) is 11.6. The summed E-state index contributed by atoms with van der Waals surface area (Å²) in [5.41, 5.74) is 6.18. The third-order valence-corrected chi connectivity index (χ3v) is 3.47. The van der Waals surface area contributed by atoms with Crippen LogP contribution in [0.2, 0.25) is 5.02 Å². The second-order valence-corrected chi connectivity index (χ2v) is 4.45. The van der Waals surface area contributed by atoms with E-state index in [0.29, 0.717) is 15.9 Å². The van der Waals surface area contributed by atoms with Crippen LogP contribution in [0.5, 0.6) is 0 Å². The molecular formula is C10H8BrClFN3. The van der Waals surface area contributed by atoms with Gasteiger partial charge in [0.1, 0.15) is 11.6 Å². The van der Waals surface area contributed by atoms with Gasteiger partial charge in [0.05, 0.1) is 11.1 Å². The molecule has 1 heterocycles. The summed E-state index contributed by atoms with van der Waals surface area (Å²) in [5, 5.41) is 0.0273. The minimum Gasteiger partial charge on any atom is -0.347 e. The first-order valence-electron chi connectivity index (χ1n) is 4.49. The second kappa shape index (κ2) is 4.53. The van der Waals surface area contributed by atoms with E-state index in [4.69, 9.17) is 17.3 Å². The van der Waals surface area contributed by atoms with Crippen LogP contribution in [0.25, 0.3) is 0 Å². The Morgan fingerprint density at radius 1 is 1.50 bits per heavy atom. The Kier molecular flexibility index (Phi) is 3.28. The molecule has 0 spiro atoms. The molecule has 0 aliphatic rings. The maximum absolute atomic E-state index is 13.8. The molecule has 2 aromatic rings. The van der Waals surface area contributed by atoms with Crippen molar-refractivity contribution in [3.05, 3.63) is 51.2 Å². The van der Waals surface area contributed by atoms with Crippen molar-refractivity contribution in [2.75, 3.05) is 0 Å². The maximum Gasteiger partial charge on any atom is 0.148 e. The zero-order valence-electron chi connectivity index (χ0n) is 8.05. The van der Waals surface area contributed by atoms with E-state index in [0.717, 1.165) is 0 Å². The van der Waals surface area contributed by atoms with Crippen molar-refractivity contribution in [1.29, 1.82) is 0 Å². The summed E-state index contributed by atoms with van der Waals surface area (Å²) in [7, 11) is 0. The first-order chi connectivity index (χ1) is 7.61. The number of imidazole rings is 1. The molecule has 3 nitrogen and oxygen atoms in total. The molecule has 0 aliphatic carbocycles. The average Bonchev–Trinajstić information content (AvgIpc) is 2.79. The molecule has 3 N–H and O–H groups in total. The van der Waals surface area contributed by atoms with E-state index in [1.54, 1.807) is 24.5 Å². The summed E-state index contributed by atoms with van der Waals surface area (Å²) < 4.78 is 14.3. The summed E-state index contributed by atoms with van der Waals surface area (Å²) in [6.45, 7) is 0. The molecule has 0 saturated carbocycles. The van der Waals surface area contributed by atoms with Gasteiger partial charge in [0, 0.05) is 22.4 Å². The van der Waals surface area contributed by atoms with Crippen LogP contribution in [0.1, 0.15) is 17.4 Å². The van der Waals surface area contributed by atoms with Crippen molar-refractivity contribution in [2.45, 2.75) is 6.04 Å². The number of nitrogens with one attached hydrogen (secondary N) is 1. The highest BCUT2D eigenvalue weighted by atomic mass is 79.9. The van der Waals surface area contributed by atoms with Gasteiger partial charge in [-0.05, 0) is 22.0 Å². The molecule has 16 heavy (non-hydrogen) atoms. The third kappa shape index (κ3) is 1.98. The van der Waals surface area contributed by atoms with E-state index in [9.17, 15) is 4.39 Å². The number of nitrogens with two attached hydrogens (primary N) is 1. The lowest BCUT2D eigenvalue weighted by atomic mass is 10.1. The number of aromatic amines is 1. The zero-order chi connectivity index (χ0) is 11.7. The van der Waals surface area contributed by atoms with Crippen molar-refractivity contribution in [1.82, 2.24) is 9.97 Å². The molecular weight excluding hydrogens is 296 g/mol. The normalized spacial score (nSPS) is 12.8. The molecule has 2 rings (SSSR count). The highest BCUT2D eigenvalue weighted by molar-refractivity contribution is 9.10. The van der Waals surface area contributed by atoms with E-state index in [1.165, 1.54) is 0 Å². The maximum atomic E-state index is 13.8. The smallest absolute Gasteiger partial charge is 0.148 e. The molecule has 1 aromatic heterocycles. The van der Waals surface area contributed by atoms with Crippen LogP contribution < -0.4 is 5.73 Å². The van der Waals surface area contributed by atoms with Gasteiger partial charge in [-0.25, -0.2) is 9.37 Å². The molecule has 0 fully saturated rings.